The highest BCUT2D eigenvalue weighted by Gasteiger charge is 2.27. The van der Waals surface area contributed by atoms with Gasteiger partial charge in [0.25, 0.3) is 0 Å². The number of hydrogen-bond acceptors (Lipinski definition) is 7. The predicted octanol–water partition coefficient (Wildman–Crippen LogP) is 2.42. The lowest BCUT2D eigenvalue weighted by Crippen LogP contribution is -2.17. The third-order valence-corrected chi connectivity index (χ3v) is 4.39. The highest BCUT2D eigenvalue weighted by molar-refractivity contribution is 5.61. The van der Waals surface area contributed by atoms with Gasteiger partial charge in [0.1, 0.15) is 17.5 Å². The Morgan fingerprint density at radius 3 is 2.85 bits per heavy atom. The standard InChI is InChI=1S/C18H14N8/c19-10-13-8-12(3-5-21-13)18-22-6-4-14(23-18)15-9-16(25-24-15)17-2-1-7-26(17)11-20/h3-6,8-9,17H,1-2,7H2,(H,24,25)/t17-/m0/s1. The van der Waals surface area contributed by atoms with Crippen LogP contribution in [0.15, 0.2) is 36.7 Å². The average molecular weight is 342 g/mol. The van der Waals surface area contributed by atoms with E-state index in [9.17, 15) is 5.26 Å². The third kappa shape index (κ3) is 2.85. The van der Waals surface area contributed by atoms with Gasteiger partial charge in [-0.3, -0.25) is 5.10 Å². The maximum absolute atomic E-state index is 9.22. The zero-order valence-electron chi connectivity index (χ0n) is 13.8. The molecule has 0 saturated carbocycles. The molecule has 3 aromatic rings. The van der Waals surface area contributed by atoms with Crippen LogP contribution in [0.1, 0.15) is 30.3 Å². The number of rotatable bonds is 3. The first-order valence-electron chi connectivity index (χ1n) is 8.20. The van der Waals surface area contributed by atoms with Crippen LogP contribution >= 0.6 is 0 Å². The van der Waals surface area contributed by atoms with Crippen molar-refractivity contribution in [3.8, 4) is 35.0 Å². The lowest BCUT2D eigenvalue weighted by atomic mass is 10.1. The van der Waals surface area contributed by atoms with Crippen molar-refractivity contribution >= 4 is 0 Å². The average Bonchev–Trinajstić information content (AvgIpc) is 3.37. The molecule has 0 unspecified atom stereocenters. The van der Waals surface area contributed by atoms with Gasteiger partial charge < -0.3 is 4.90 Å². The minimum Gasteiger partial charge on any atom is -0.302 e. The molecule has 126 valence electrons. The molecule has 8 heteroatoms. The summed E-state index contributed by atoms with van der Waals surface area (Å²) in [4.78, 5) is 14.6. The second-order valence-corrected chi connectivity index (χ2v) is 5.97. The number of pyridine rings is 1. The Morgan fingerprint density at radius 1 is 1.12 bits per heavy atom. The molecule has 4 heterocycles. The van der Waals surface area contributed by atoms with Crippen LogP contribution in [0.5, 0.6) is 0 Å². The summed E-state index contributed by atoms with van der Waals surface area (Å²) in [5.41, 5.74) is 3.32. The number of nitriles is 2. The highest BCUT2D eigenvalue weighted by atomic mass is 15.2. The van der Waals surface area contributed by atoms with Gasteiger partial charge in [0.05, 0.1) is 17.4 Å². The Morgan fingerprint density at radius 2 is 2.00 bits per heavy atom. The number of aromatic nitrogens is 5. The molecule has 0 spiro atoms. The molecule has 1 saturated heterocycles. The van der Waals surface area contributed by atoms with Crippen LogP contribution in [0.25, 0.3) is 22.8 Å². The number of H-pyrrole nitrogens is 1. The van der Waals surface area contributed by atoms with Crippen molar-refractivity contribution in [2.45, 2.75) is 18.9 Å². The largest absolute Gasteiger partial charge is 0.302 e. The van der Waals surface area contributed by atoms with Crippen LogP contribution in [0, 0.1) is 22.8 Å². The topological polar surface area (TPSA) is 118 Å². The summed E-state index contributed by atoms with van der Waals surface area (Å²) in [6, 6.07) is 9.18. The van der Waals surface area contributed by atoms with Crippen LogP contribution in [-0.4, -0.2) is 36.6 Å². The van der Waals surface area contributed by atoms with E-state index in [1.807, 2.05) is 12.1 Å². The van der Waals surface area contributed by atoms with Gasteiger partial charge in [0, 0.05) is 24.5 Å². The first-order chi connectivity index (χ1) is 12.8. The van der Waals surface area contributed by atoms with E-state index in [2.05, 4.69) is 31.3 Å². The van der Waals surface area contributed by atoms with Gasteiger partial charge in [0.2, 0.25) is 0 Å². The summed E-state index contributed by atoms with van der Waals surface area (Å²) in [7, 11) is 0. The van der Waals surface area contributed by atoms with E-state index in [0.29, 0.717) is 22.9 Å². The van der Waals surface area contributed by atoms with Gasteiger partial charge in [-0.25, -0.2) is 15.0 Å². The van der Waals surface area contributed by atoms with Crippen molar-refractivity contribution in [3.63, 3.8) is 0 Å². The van der Waals surface area contributed by atoms with E-state index >= 15 is 0 Å². The maximum atomic E-state index is 9.22. The van der Waals surface area contributed by atoms with Gasteiger partial charge >= 0.3 is 0 Å². The van der Waals surface area contributed by atoms with Crippen molar-refractivity contribution < 1.29 is 0 Å². The molecule has 4 rings (SSSR count). The zero-order valence-corrected chi connectivity index (χ0v) is 13.8. The lowest BCUT2D eigenvalue weighted by molar-refractivity contribution is 0.367. The van der Waals surface area contributed by atoms with Crippen molar-refractivity contribution in [1.29, 1.82) is 10.5 Å². The van der Waals surface area contributed by atoms with E-state index in [1.54, 1.807) is 35.5 Å². The molecule has 1 N–H and O–H groups in total. The van der Waals surface area contributed by atoms with Gasteiger partial charge in [-0.05, 0) is 37.1 Å². The molecule has 1 aliphatic rings. The van der Waals surface area contributed by atoms with Crippen LogP contribution in [0.2, 0.25) is 0 Å². The monoisotopic (exact) mass is 342 g/mol. The van der Waals surface area contributed by atoms with Crippen molar-refractivity contribution in [1.82, 2.24) is 30.0 Å². The second-order valence-electron chi connectivity index (χ2n) is 5.97. The van der Waals surface area contributed by atoms with E-state index in [-0.39, 0.29) is 6.04 Å². The van der Waals surface area contributed by atoms with E-state index < -0.39 is 0 Å². The maximum Gasteiger partial charge on any atom is 0.179 e. The van der Waals surface area contributed by atoms with E-state index in [1.165, 1.54) is 0 Å². The molecule has 26 heavy (non-hydrogen) atoms. The van der Waals surface area contributed by atoms with Crippen molar-refractivity contribution in [2.24, 2.45) is 0 Å². The van der Waals surface area contributed by atoms with E-state index in [0.717, 1.165) is 30.6 Å². The smallest absolute Gasteiger partial charge is 0.179 e. The number of aromatic amines is 1. The summed E-state index contributed by atoms with van der Waals surface area (Å²) in [5.74, 6) is 0.505. The molecular weight excluding hydrogens is 328 g/mol. The number of likely N-dealkylation sites (tertiary alicyclic amines) is 1. The fraction of sp³-hybridized carbons (Fsp3) is 0.222. The Kier molecular flexibility index (Phi) is 4.00. The van der Waals surface area contributed by atoms with Gasteiger partial charge in [-0.2, -0.15) is 15.6 Å². The molecule has 8 nitrogen and oxygen atoms in total. The second kappa shape index (κ2) is 6.61. The summed E-state index contributed by atoms with van der Waals surface area (Å²) < 4.78 is 0. The van der Waals surface area contributed by atoms with Crippen LogP contribution < -0.4 is 0 Å². The summed E-state index contributed by atoms with van der Waals surface area (Å²) >= 11 is 0. The first kappa shape index (κ1) is 15.7. The molecular formula is C18H14N8. The summed E-state index contributed by atoms with van der Waals surface area (Å²) in [6.45, 7) is 0.774. The lowest BCUT2D eigenvalue weighted by Gasteiger charge is -2.15. The van der Waals surface area contributed by atoms with Crippen molar-refractivity contribution in [3.05, 3.63) is 48.0 Å². The summed E-state index contributed by atoms with van der Waals surface area (Å²) in [6.07, 6.45) is 7.38. The number of nitrogens with zero attached hydrogens (tertiary/aromatic N) is 7. The Hall–Kier alpha value is -3.78. The van der Waals surface area contributed by atoms with Gasteiger partial charge in [-0.15, -0.1) is 0 Å². The van der Waals surface area contributed by atoms with Gasteiger partial charge in [0.15, 0.2) is 12.0 Å². The fourth-order valence-electron chi connectivity index (χ4n) is 3.12. The predicted molar refractivity (Wildman–Crippen MR) is 91.9 cm³/mol. The number of nitrogens with one attached hydrogen (secondary N) is 1. The minimum atomic E-state index is 0.0425. The zero-order chi connectivity index (χ0) is 17.9. The molecule has 0 aromatic carbocycles. The van der Waals surface area contributed by atoms with Crippen LogP contribution in [0.4, 0.5) is 0 Å². The fourth-order valence-corrected chi connectivity index (χ4v) is 3.12. The van der Waals surface area contributed by atoms with Gasteiger partial charge in [-0.1, -0.05) is 0 Å². The molecule has 0 radical (unpaired) electrons. The third-order valence-electron chi connectivity index (χ3n) is 4.39. The normalized spacial score (nSPS) is 16.2. The molecule has 0 bridgehead atoms. The van der Waals surface area contributed by atoms with E-state index in [4.69, 9.17) is 5.26 Å². The molecule has 1 fully saturated rings. The molecule has 1 atom stereocenters. The van der Waals surface area contributed by atoms with Crippen molar-refractivity contribution in [2.75, 3.05) is 6.54 Å². The number of hydrogen-bond donors (Lipinski definition) is 1. The SMILES string of the molecule is N#Cc1cc(-c2nccc(-c3cc([C@@H]4CCCN4C#N)[nH]n3)n2)ccn1. The molecule has 0 amide bonds. The molecule has 3 aromatic heterocycles. The minimum absolute atomic E-state index is 0.0425. The first-order valence-corrected chi connectivity index (χ1v) is 8.20. The Balaban J connectivity index is 1.65. The molecule has 1 aliphatic heterocycles. The Labute approximate surface area is 149 Å². The molecule has 0 aliphatic carbocycles. The van der Waals surface area contributed by atoms with Crippen LogP contribution in [-0.2, 0) is 0 Å². The Bertz CT molecular complexity index is 1030. The summed E-state index contributed by atoms with van der Waals surface area (Å²) in [5, 5.41) is 25.6. The van der Waals surface area contributed by atoms with Crippen LogP contribution in [0.3, 0.4) is 0 Å². The highest BCUT2D eigenvalue weighted by Crippen LogP contribution is 2.31. The quantitative estimate of drug-likeness (QED) is 0.726.